The van der Waals surface area contributed by atoms with Gasteiger partial charge in [-0.3, -0.25) is 0 Å². The van der Waals surface area contributed by atoms with Crippen molar-refractivity contribution in [2.45, 2.75) is 12.8 Å². The van der Waals surface area contributed by atoms with Crippen LogP contribution in [-0.4, -0.2) is 12.6 Å². The van der Waals surface area contributed by atoms with E-state index in [1.165, 1.54) is 0 Å². The highest BCUT2D eigenvalue weighted by molar-refractivity contribution is 5.92. The smallest absolute Gasteiger partial charge is 0.340 e. The standard InChI is InChI=1S/C15H15N3O3/c1-2-20-15(19)12-11(9-6-4-3-5-7-9)10(8-16)13(17)21-14(12)18/h3-7,11H,2,17-18H2,1H3. The van der Waals surface area contributed by atoms with Gasteiger partial charge < -0.3 is 20.9 Å². The zero-order valence-corrected chi connectivity index (χ0v) is 11.5. The van der Waals surface area contributed by atoms with Gasteiger partial charge in [-0.25, -0.2) is 4.79 Å². The number of carbonyl (C=O) groups excluding carboxylic acids is 1. The highest BCUT2D eigenvalue weighted by Gasteiger charge is 2.36. The van der Waals surface area contributed by atoms with E-state index in [2.05, 4.69) is 0 Å². The number of esters is 1. The third-order valence-electron chi connectivity index (χ3n) is 3.08. The van der Waals surface area contributed by atoms with Gasteiger partial charge >= 0.3 is 5.97 Å². The largest absolute Gasteiger partial charge is 0.462 e. The molecule has 1 aromatic carbocycles. The van der Waals surface area contributed by atoms with Gasteiger partial charge in [0, 0.05) is 0 Å². The first-order chi connectivity index (χ1) is 10.1. The van der Waals surface area contributed by atoms with Crippen molar-refractivity contribution in [3.8, 4) is 6.07 Å². The summed E-state index contributed by atoms with van der Waals surface area (Å²) in [6.45, 7) is 1.88. The Bertz CT molecular complexity index is 656. The van der Waals surface area contributed by atoms with Gasteiger partial charge in [0.1, 0.15) is 17.2 Å². The fourth-order valence-corrected chi connectivity index (χ4v) is 2.18. The van der Waals surface area contributed by atoms with Crippen LogP contribution in [0.15, 0.2) is 53.2 Å². The van der Waals surface area contributed by atoms with Gasteiger partial charge in [0.15, 0.2) is 0 Å². The molecule has 0 saturated heterocycles. The Morgan fingerprint density at radius 2 is 2.00 bits per heavy atom. The lowest BCUT2D eigenvalue weighted by Crippen LogP contribution is -2.29. The summed E-state index contributed by atoms with van der Waals surface area (Å²) in [5.74, 6) is -1.55. The number of allylic oxidation sites excluding steroid dienone is 1. The molecule has 108 valence electrons. The number of nitrogens with zero attached hydrogens (tertiary/aromatic N) is 1. The number of nitriles is 1. The van der Waals surface area contributed by atoms with Gasteiger partial charge in [0.25, 0.3) is 0 Å². The minimum Gasteiger partial charge on any atom is -0.462 e. The van der Waals surface area contributed by atoms with Crippen LogP contribution in [0.5, 0.6) is 0 Å². The summed E-state index contributed by atoms with van der Waals surface area (Å²) < 4.78 is 10.1. The van der Waals surface area contributed by atoms with E-state index in [4.69, 9.17) is 20.9 Å². The number of hydrogen-bond donors (Lipinski definition) is 2. The SMILES string of the molecule is CCOC(=O)C1=C(N)OC(N)=C(C#N)C1c1ccccc1. The molecular weight excluding hydrogens is 270 g/mol. The molecule has 0 saturated carbocycles. The Morgan fingerprint density at radius 3 is 2.57 bits per heavy atom. The molecule has 0 spiro atoms. The monoisotopic (exact) mass is 285 g/mol. The summed E-state index contributed by atoms with van der Waals surface area (Å²) in [6, 6.07) is 11.0. The van der Waals surface area contributed by atoms with Gasteiger partial charge in [0.05, 0.1) is 12.5 Å². The Balaban J connectivity index is 2.58. The summed E-state index contributed by atoms with van der Waals surface area (Å²) in [6.07, 6.45) is 0. The van der Waals surface area contributed by atoms with E-state index in [-0.39, 0.29) is 29.5 Å². The summed E-state index contributed by atoms with van der Waals surface area (Å²) in [5.41, 5.74) is 12.4. The van der Waals surface area contributed by atoms with E-state index >= 15 is 0 Å². The van der Waals surface area contributed by atoms with E-state index in [9.17, 15) is 10.1 Å². The van der Waals surface area contributed by atoms with Crippen molar-refractivity contribution in [3.63, 3.8) is 0 Å². The van der Waals surface area contributed by atoms with E-state index in [1.807, 2.05) is 12.1 Å². The van der Waals surface area contributed by atoms with Crippen molar-refractivity contribution in [3.05, 3.63) is 58.8 Å². The Hall–Kier alpha value is -2.94. The molecule has 0 radical (unpaired) electrons. The van der Waals surface area contributed by atoms with Crippen molar-refractivity contribution in [1.29, 1.82) is 5.26 Å². The quantitative estimate of drug-likeness (QED) is 0.808. The average molecular weight is 285 g/mol. The van der Waals surface area contributed by atoms with Crippen molar-refractivity contribution < 1.29 is 14.3 Å². The van der Waals surface area contributed by atoms with Crippen LogP contribution in [0.2, 0.25) is 0 Å². The fraction of sp³-hybridized carbons (Fsp3) is 0.200. The van der Waals surface area contributed by atoms with Crippen molar-refractivity contribution in [1.82, 2.24) is 0 Å². The van der Waals surface area contributed by atoms with Crippen molar-refractivity contribution in [2.24, 2.45) is 11.5 Å². The Labute approximate surface area is 122 Å². The van der Waals surface area contributed by atoms with E-state index < -0.39 is 11.9 Å². The molecule has 1 aliphatic rings. The predicted molar refractivity (Wildman–Crippen MR) is 74.9 cm³/mol. The minimum atomic E-state index is -0.691. The first-order valence-corrected chi connectivity index (χ1v) is 6.39. The lowest BCUT2D eigenvalue weighted by Gasteiger charge is -2.26. The molecule has 1 unspecified atom stereocenters. The number of ether oxygens (including phenoxy) is 2. The normalized spacial score (nSPS) is 18.0. The molecule has 0 amide bonds. The van der Waals surface area contributed by atoms with Gasteiger partial charge in [0.2, 0.25) is 11.8 Å². The van der Waals surface area contributed by atoms with E-state index in [1.54, 1.807) is 31.2 Å². The fourth-order valence-electron chi connectivity index (χ4n) is 2.18. The highest BCUT2D eigenvalue weighted by atomic mass is 16.5. The second-order valence-corrected chi connectivity index (χ2v) is 4.33. The first kappa shape index (κ1) is 14.5. The minimum absolute atomic E-state index is 0.0915. The topological polar surface area (TPSA) is 111 Å². The second-order valence-electron chi connectivity index (χ2n) is 4.33. The summed E-state index contributed by atoms with van der Waals surface area (Å²) in [7, 11) is 0. The molecule has 0 aromatic heterocycles. The van der Waals surface area contributed by atoms with Gasteiger partial charge in [-0.1, -0.05) is 30.3 Å². The van der Waals surface area contributed by atoms with Crippen LogP contribution in [0.4, 0.5) is 0 Å². The molecule has 6 heteroatoms. The van der Waals surface area contributed by atoms with Gasteiger partial charge in [-0.2, -0.15) is 5.26 Å². The number of hydrogen-bond acceptors (Lipinski definition) is 6. The Morgan fingerprint density at radius 1 is 1.33 bits per heavy atom. The third-order valence-corrected chi connectivity index (χ3v) is 3.08. The lowest BCUT2D eigenvalue weighted by molar-refractivity contribution is -0.139. The molecule has 4 N–H and O–H groups in total. The number of carbonyl (C=O) groups is 1. The van der Waals surface area contributed by atoms with E-state index in [0.29, 0.717) is 5.56 Å². The van der Waals surface area contributed by atoms with Crippen LogP contribution in [0, 0.1) is 11.3 Å². The van der Waals surface area contributed by atoms with Crippen molar-refractivity contribution in [2.75, 3.05) is 6.61 Å². The molecule has 1 atom stereocenters. The molecule has 1 aromatic rings. The van der Waals surface area contributed by atoms with Gasteiger partial charge in [-0.05, 0) is 12.5 Å². The van der Waals surface area contributed by atoms with E-state index in [0.717, 1.165) is 0 Å². The van der Waals surface area contributed by atoms with Crippen LogP contribution < -0.4 is 11.5 Å². The molecule has 21 heavy (non-hydrogen) atoms. The van der Waals surface area contributed by atoms with Crippen LogP contribution >= 0.6 is 0 Å². The average Bonchev–Trinajstić information content (AvgIpc) is 2.47. The number of benzene rings is 1. The summed E-state index contributed by atoms with van der Waals surface area (Å²) in [5, 5.41) is 9.33. The third kappa shape index (κ3) is 2.67. The van der Waals surface area contributed by atoms with Crippen molar-refractivity contribution >= 4 is 5.97 Å². The molecule has 0 fully saturated rings. The molecule has 1 heterocycles. The Kier molecular flexibility index (Phi) is 4.14. The maximum atomic E-state index is 12.1. The number of nitrogens with two attached hydrogens (primary N) is 2. The van der Waals surface area contributed by atoms with Crippen LogP contribution in [-0.2, 0) is 14.3 Å². The molecule has 1 aliphatic heterocycles. The second kappa shape index (κ2) is 6.01. The lowest BCUT2D eigenvalue weighted by atomic mass is 9.84. The molecule has 0 aliphatic carbocycles. The summed E-state index contributed by atoms with van der Waals surface area (Å²) >= 11 is 0. The maximum absolute atomic E-state index is 12.1. The molecule has 6 nitrogen and oxygen atoms in total. The maximum Gasteiger partial charge on any atom is 0.340 e. The first-order valence-electron chi connectivity index (χ1n) is 6.39. The predicted octanol–water partition coefficient (Wildman–Crippen LogP) is 1.23. The molecule has 0 bridgehead atoms. The highest BCUT2D eigenvalue weighted by Crippen LogP contribution is 2.38. The molecule has 2 rings (SSSR count). The zero-order valence-electron chi connectivity index (χ0n) is 11.5. The van der Waals surface area contributed by atoms with Crippen LogP contribution in [0.25, 0.3) is 0 Å². The van der Waals surface area contributed by atoms with Gasteiger partial charge in [-0.15, -0.1) is 0 Å². The number of rotatable bonds is 3. The zero-order chi connectivity index (χ0) is 15.4. The van der Waals surface area contributed by atoms with Crippen LogP contribution in [0.1, 0.15) is 18.4 Å². The van der Waals surface area contributed by atoms with Crippen LogP contribution in [0.3, 0.4) is 0 Å². The summed E-state index contributed by atoms with van der Waals surface area (Å²) in [4.78, 5) is 12.1. The molecular formula is C15H15N3O3.